The summed E-state index contributed by atoms with van der Waals surface area (Å²) in [4.78, 5) is 0. The molecule has 2 heteroatoms. The normalized spacial score (nSPS) is 14.6. The van der Waals surface area contributed by atoms with Crippen molar-refractivity contribution in [3.05, 3.63) is 23.3 Å². The number of aryl methyl sites for hydroxylation is 1. The van der Waals surface area contributed by atoms with Gasteiger partial charge in [0.15, 0.2) is 0 Å². The van der Waals surface area contributed by atoms with Gasteiger partial charge >= 0.3 is 0 Å². The Hall–Kier alpha value is -1.18. The topological polar surface area (TPSA) is 18.5 Å². The molecule has 0 spiro atoms. The van der Waals surface area contributed by atoms with Crippen LogP contribution in [-0.4, -0.2) is 13.7 Å². The van der Waals surface area contributed by atoms with E-state index in [9.17, 15) is 0 Å². The Kier molecular flexibility index (Phi) is 2.13. The highest BCUT2D eigenvalue weighted by Gasteiger charge is 2.14. The smallest absolute Gasteiger partial charge is 0.129 e. The number of benzene rings is 1. The lowest BCUT2D eigenvalue weighted by Crippen LogP contribution is -2.09. The van der Waals surface area contributed by atoms with Crippen LogP contribution >= 0.6 is 0 Å². The molecule has 0 unspecified atom stereocenters. The molecule has 0 saturated carbocycles. The third-order valence-corrected chi connectivity index (χ3v) is 2.49. The second-order valence-electron chi connectivity index (χ2n) is 3.33. The zero-order valence-corrected chi connectivity index (χ0v) is 8.09. The van der Waals surface area contributed by atoms with E-state index in [-0.39, 0.29) is 0 Å². The predicted molar refractivity (Wildman–Crippen MR) is 51.5 cm³/mol. The van der Waals surface area contributed by atoms with E-state index in [0.29, 0.717) is 0 Å². The third-order valence-electron chi connectivity index (χ3n) is 2.49. The Bertz CT molecular complexity index is 318. The molecular formula is C11H14O2. The van der Waals surface area contributed by atoms with Crippen molar-refractivity contribution in [2.24, 2.45) is 0 Å². The molecule has 1 heterocycles. The van der Waals surface area contributed by atoms with E-state index in [0.717, 1.165) is 36.5 Å². The van der Waals surface area contributed by atoms with Crippen molar-refractivity contribution in [2.75, 3.05) is 13.7 Å². The zero-order valence-electron chi connectivity index (χ0n) is 8.09. The SMILES string of the molecule is COc1ccc2c(c1C)OCCC2. The minimum absolute atomic E-state index is 0.834. The summed E-state index contributed by atoms with van der Waals surface area (Å²) in [5.41, 5.74) is 2.43. The molecule has 1 aromatic carbocycles. The van der Waals surface area contributed by atoms with Crippen molar-refractivity contribution >= 4 is 0 Å². The number of ether oxygens (including phenoxy) is 2. The largest absolute Gasteiger partial charge is 0.496 e. The monoisotopic (exact) mass is 178 g/mol. The number of rotatable bonds is 1. The van der Waals surface area contributed by atoms with Crippen LogP contribution in [0.25, 0.3) is 0 Å². The highest BCUT2D eigenvalue weighted by atomic mass is 16.5. The van der Waals surface area contributed by atoms with Gasteiger partial charge in [0.05, 0.1) is 13.7 Å². The van der Waals surface area contributed by atoms with Gasteiger partial charge in [-0.05, 0) is 31.4 Å². The number of methoxy groups -OCH3 is 1. The molecule has 0 saturated heterocycles. The van der Waals surface area contributed by atoms with E-state index >= 15 is 0 Å². The fourth-order valence-electron chi connectivity index (χ4n) is 1.79. The molecule has 0 radical (unpaired) electrons. The van der Waals surface area contributed by atoms with Crippen molar-refractivity contribution in [3.63, 3.8) is 0 Å². The summed E-state index contributed by atoms with van der Waals surface area (Å²) in [5, 5.41) is 0. The van der Waals surface area contributed by atoms with Gasteiger partial charge in [0.1, 0.15) is 11.5 Å². The maximum atomic E-state index is 5.62. The molecule has 0 aromatic heterocycles. The van der Waals surface area contributed by atoms with E-state index in [1.54, 1.807) is 7.11 Å². The first-order chi connectivity index (χ1) is 6.33. The molecule has 0 aliphatic carbocycles. The Morgan fingerprint density at radius 3 is 3.00 bits per heavy atom. The summed E-state index contributed by atoms with van der Waals surface area (Å²) in [6.45, 7) is 2.88. The summed E-state index contributed by atoms with van der Waals surface area (Å²) in [6.07, 6.45) is 2.25. The first-order valence-corrected chi connectivity index (χ1v) is 4.62. The van der Waals surface area contributed by atoms with E-state index in [1.807, 2.05) is 13.0 Å². The summed E-state index contributed by atoms with van der Waals surface area (Å²) in [6, 6.07) is 4.11. The molecule has 13 heavy (non-hydrogen) atoms. The Balaban J connectivity index is 2.48. The molecule has 2 nitrogen and oxygen atoms in total. The van der Waals surface area contributed by atoms with E-state index in [1.165, 1.54) is 5.56 Å². The average Bonchev–Trinajstić information content (AvgIpc) is 2.19. The second-order valence-corrected chi connectivity index (χ2v) is 3.33. The molecular weight excluding hydrogens is 164 g/mol. The van der Waals surface area contributed by atoms with Crippen LogP contribution in [0, 0.1) is 6.92 Å². The minimum atomic E-state index is 0.834. The van der Waals surface area contributed by atoms with Gasteiger partial charge in [0.2, 0.25) is 0 Å². The highest BCUT2D eigenvalue weighted by molar-refractivity contribution is 5.49. The molecule has 0 N–H and O–H groups in total. The molecule has 0 atom stereocenters. The Morgan fingerprint density at radius 1 is 1.38 bits per heavy atom. The number of hydrogen-bond acceptors (Lipinski definition) is 2. The lowest BCUT2D eigenvalue weighted by Gasteiger charge is -2.20. The lowest BCUT2D eigenvalue weighted by atomic mass is 10.0. The van der Waals surface area contributed by atoms with Crippen molar-refractivity contribution in [1.82, 2.24) is 0 Å². The van der Waals surface area contributed by atoms with E-state index in [4.69, 9.17) is 9.47 Å². The van der Waals surface area contributed by atoms with Gasteiger partial charge < -0.3 is 9.47 Å². The maximum absolute atomic E-state index is 5.62. The fraction of sp³-hybridized carbons (Fsp3) is 0.455. The lowest BCUT2D eigenvalue weighted by molar-refractivity contribution is 0.283. The molecule has 1 aliphatic rings. The van der Waals surface area contributed by atoms with Crippen LogP contribution in [0.15, 0.2) is 12.1 Å². The van der Waals surface area contributed by atoms with Gasteiger partial charge in [-0.1, -0.05) is 6.07 Å². The van der Waals surface area contributed by atoms with Crippen LogP contribution in [0.4, 0.5) is 0 Å². The number of hydrogen-bond donors (Lipinski definition) is 0. The maximum Gasteiger partial charge on any atom is 0.129 e. The molecule has 0 bridgehead atoms. The van der Waals surface area contributed by atoms with Gasteiger partial charge in [-0.2, -0.15) is 0 Å². The zero-order chi connectivity index (χ0) is 9.26. The van der Waals surface area contributed by atoms with E-state index in [2.05, 4.69) is 6.07 Å². The van der Waals surface area contributed by atoms with Crippen LogP contribution in [-0.2, 0) is 6.42 Å². The van der Waals surface area contributed by atoms with Crippen molar-refractivity contribution in [1.29, 1.82) is 0 Å². The number of fused-ring (bicyclic) bond motifs is 1. The first kappa shape index (κ1) is 8.42. The van der Waals surface area contributed by atoms with Crippen molar-refractivity contribution in [2.45, 2.75) is 19.8 Å². The van der Waals surface area contributed by atoms with Gasteiger partial charge in [-0.3, -0.25) is 0 Å². The van der Waals surface area contributed by atoms with Crippen LogP contribution in [0.1, 0.15) is 17.5 Å². The van der Waals surface area contributed by atoms with Crippen LogP contribution in [0.5, 0.6) is 11.5 Å². The predicted octanol–water partition coefficient (Wildman–Crippen LogP) is 2.33. The second kappa shape index (κ2) is 3.29. The molecule has 0 amide bonds. The summed E-state index contributed by atoms with van der Waals surface area (Å²) in [7, 11) is 1.69. The third kappa shape index (κ3) is 1.37. The molecule has 70 valence electrons. The summed E-state index contributed by atoms with van der Waals surface area (Å²) >= 11 is 0. The van der Waals surface area contributed by atoms with Crippen molar-refractivity contribution in [3.8, 4) is 11.5 Å². The summed E-state index contributed by atoms with van der Waals surface area (Å²) < 4.78 is 10.8. The molecule has 1 aliphatic heterocycles. The highest BCUT2D eigenvalue weighted by Crippen LogP contribution is 2.34. The summed E-state index contributed by atoms with van der Waals surface area (Å²) in [5.74, 6) is 1.95. The van der Waals surface area contributed by atoms with Gasteiger partial charge in [0, 0.05) is 5.56 Å². The van der Waals surface area contributed by atoms with Gasteiger partial charge in [-0.15, -0.1) is 0 Å². The minimum Gasteiger partial charge on any atom is -0.496 e. The van der Waals surface area contributed by atoms with Gasteiger partial charge in [-0.25, -0.2) is 0 Å². The fourth-order valence-corrected chi connectivity index (χ4v) is 1.79. The quantitative estimate of drug-likeness (QED) is 0.657. The molecule has 1 aromatic rings. The van der Waals surface area contributed by atoms with Crippen LogP contribution in [0.2, 0.25) is 0 Å². The van der Waals surface area contributed by atoms with Crippen LogP contribution in [0.3, 0.4) is 0 Å². The van der Waals surface area contributed by atoms with Crippen molar-refractivity contribution < 1.29 is 9.47 Å². The Morgan fingerprint density at radius 2 is 2.23 bits per heavy atom. The van der Waals surface area contributed by atoms with Gasteiger partial charge in [0.25, 0.3) is 0 Å². The Labute approximate surface area is 78.5 Å². The average molecular weight is 178 g/mol. The van der Waals surface area contributed by atoms with Crippen LogP contribution < -0.4 is 9.47 Å². The van der Waals surface area contributed by atoms with E-state index < -0.39 is 0 Å². The first-order valence-electron chi connectivity index (χ1n) is 4.62. The standard InChI is InChI=1S/C11H14O2/c1-8-10(12-2)6-5-9-4-3-7-13-11(8)9/h5-6H,3-4,7H2,1-2H3. The molecule has 0 fully saturated rings. The molecule has 2 rings (SSSR count).